The van der Waals surface area contributed by atoms with Gasteiger partial charge in [-0.05, 0) is 94.1 Å². The molecule has 0 saturated heterocycles. The van der Waals surface area contributed by atoms with Gasteiger partial charge in [0.05, 0.1) is 24.9 Å². The first-order chi connectivity index (χ1) is 19.9. The van der Waals surface area contributed by atoms with Crippen LogP contribution in [0.15, 0.2) is 41.2 Å². The number of aromatic nitrogens is 4. The molecule has 1 unspecified atom stereocenters. The molecule has 7 saturated carbocycles. The fourth-order valence-electron chi connectivity index (χ4n) is 8.23. The first-order valence-electron chi connectivity index (χ1n) is 15.2. The summed E-state index contributed by atoms with van der Waals surface area (Å²) in [7, 11) is 1.59. The standard InChI is InChI=1S/C32H36FN5O3/c1-40-24-17-34-26(35-18-24)21-3-2-4-23(13-21)38(29(39)32-14-22(15-32)25(33)16-32)19-30-7-10-31(11-8-30,12-9-30)28-36-27(37-41-28)20-5-6-20/h2-4,13,17-18,20,22,25H,5-12,14-16,19H2,1H3. The molecule has 2 heterocycles. The Hall–Kier alpha value is -3.36. The quantitative estimate of drug-likeness (QED) is 0.327. The normalized spacial score (nSPS) is 33.4. The molecule has 2 aromatic heterocycles. The number of fused-ring (bicyclic) bond motifs is 4. The molecule has 8 nitrogen and oxygen atoms in total. The SMILES string of the molecule is COc1cnc(-c2cccc(N(CC34CCC(c5nc(C6CC6)no5)(CC3)CC4)C(=O)C34CC(F)C(C3)C4)c2)nc1. The molecule has 1 aromatic carbocycles. The molecular formula is C32H36FN5O3. The number of anilines is 1. The molecule has 1 atom stereocenters. The molecule has 0 radical (unpaired) electrons. The van der Waals surface area contributed by atoms with Gasteiger partial charge in [0.2, 0.25) is 11.8 Å². The molecule has 10 rings (SSSR count). The number of amides is 1. The second kappa shape index (κ2) is 9.07. The van der Waals surface area contributed by atoms with Gasteiger partial charge >= 0.3 is 0 Å². The van der Waals surface area contributed by atoms with Crippen molar-refractivity contribution in [1.82, 2.24) is 20.1 Å². The molecular weight excluding hydrogens is 521 g/mol. The zero-order valence-corrected chi connectivity index (χ0v) is 23.5. The van der Waals surface area contributed by atoms with Gasteiger partial charge in [0.1, 0.15) is 6.17 Å². The molecule has 7 aliphatic carbocycles. The molecule has 0 spiro atoms. The molecule has 0 aliphatic heterocycles. The average Bonchev–Trinajstić information content (AvgIpc) is 3.48. The molecule has 3 aromatic rings. The van der Waals surface area contributed by atoms with Gasteiger partial charge < -0.3 is 14.2 Å². The number of halogens is 1. The summed E-state index contributed by atoms with van der Waals surface area (Å²) in [5.74, 6) is 3.50. The van der Waals surface area contributed by atoms with Crippen molar-refractivity contribution in [1.29, 1.82) is 0 Å². The van der Waals surface area contributed by atoms with Gasteiger partial charge in [-0.25, -0.2) is 14.4 Å². The molecule has 0 N–H and O–H groups in total. The predicted molar refractivity (Wildman–Crippen MR) is 149 cm³/mol. The first-order valence-corrected chi connectivity index (χ1v) is 15.2. The van der Waals surface area contributed by atoms with Crippen molar-refractivity contribution in [3.63, 3.8) is 0 Å². The van der Waals surface area contributed by atoms with E-state index in [1.807, 2.05) is 29.2 Å². The van der Waals surface area contributed by atoms with Crippen molar-refractivity contribution in [2.75, 3.05) is 18.6 Å². The smallest absolute Gasteiger partial charge is 0.233 e. The molecule has 7 fully saturated rings. The topological polar surface area (TPSA) is 94.2 Å². The van der Waals surface area contributed by atoms with E-state index in [0.717, 1.165) is 74.3 Å². The number of ether oxygens (including phenoxy) is 1. The first kappa shape index (κ1) is 25.4. The Kier molecular flexibility index (Phi) is 5.61. The number of hydrogen-bond acceptors (Lipinski definition) is 7. The lowest BCUT2D eigenvalue weighted by atomic mass is 9.53. The highest BCUT2D eigenvalue weighted by molar-refractivity contribution is 5.99. The summed E-state index contributed by atoms with van der Waals surface area (Å²) in [6.07, 6.45) is 12.5. The highest BCUT2D eigenvalue weighted by Gasteiger charge is 2.62. The summed E-state index contributed by atoms with van der Waals surface area (Å²) >= 11 is 0. The van der Waals surface area contributed by atoms with Crippen molar-refractivity contribution in [2.24, 2.45) is 16.7 Å². The maximum Gasteiger partial charge on any atom is 0.233 e. The van der Waals surface area contributed by atoms with E-state index in [-0.39, 0.29) is 22.7 Å². The fraction of sp³-hybridized carbons (Fsp3) is 0.594. The van der Waals surface area contributed by atoms with Crippen LogP contribution in [-0.2, 0) is 10.2 Å². The number of hydrogen-bond donors (Lipinski definition) is 0. The summed E-state index contributed by atoms with van der Waals surface area (Å²) in [6, 6.07) is 7.94. The molecule has 9 heteroatoms. The largest absolute Gasteiger partial charge is 0.494 e. The molecule has 214 valence electrons. The van der Waals surface area contributed by atoms with Gasteiger partial charge in [-0.15, -0.1) is 0 Å². The Balaban J connectivity index is 1.08. The van der Waals surface area contributed by atoms with Crippen LogP contribution in [0.2, 0.25) is 0 Å². The minimum absolute atomic E-state index is 0.0247. The van der Waals surface area contributed by atoms with E-state index in [9.17, 15) is 9.18 Å². The van der Waals surface area contributed by atoms with Crippen LogP contribution >= 0.6 is 0 Å². The summed E-state index contributed by atoms with van der Waals surface area (Å²) < 4.78 is 25.7. The Bertz CT molecular complexity index is 1450. The zero-order chi connectivity index (χ0) is 27.8. The van der Waals surface area contributed by atoms with E-state index in [1.54, 1.807) is 19.5 Å². The van der Waals surface area contributed by atoms with Crippen molar-refractivity contribution < 1.29 is 18.4 Å². The van der Waals surface area contributed by atoms with Gasteiger partial charge in [-0.2, -0.15) is 4.98 Å². The van der Waals surface area contributed by atoms with Crippen LogP contribution in [0.25, 0.3) is 11.4 Å². The highest BCUT2D eigenvalue weighted by atomic mass is 19.1. The Morgan fingerprint density at radius 3 is 2.44 bits per heavy atom. The average molecular weight is 558 g/mol. The lowest BCUT2D eigenvalue weighted by molar-refractivity contribution is -0.132. The van der Waals surface area contributed by atoms with Crippen molar-refractivity contribution in [3.05, 3.63) is 48.4 Å². The Labute approximate surface area is 239 Å². The second-order valence-corrected chi connectivity index (χ2v) is 13.6. The third kappa shape index (κ3) is 4.09. The highest BCUT2D eigenvalue weighted by Crippen LogP contribution is 2.62. The Morgan fingerprint density at radius 1 is 1.07 bits per heavy atom. The summed E-state index contributed by atoms with van der Waals surface area (Å²) in [4.78, 5) is 30.1. The maximum absolute atomic E-state index is 14.6. The monoisotopic (exact) mass is 557 g/mol. The van der Waals surface area contributed by atoms with Gasteiger partial charge in [-0.3, -0.25) is 4.79 Å². The second-order valence-electron chi connectivity index (χ2n) is 13.6. The molecule has 1 amide bonds. The fourth-order valence-corrected chi connectivity index (χ4v) is 8.23. The van der Waals surface area contributed by atoms with Crippen LogP contribution in [0.1, 0.15) is 88.3 Å². The third-order valence-corrected chi connectivity index (χ3v) is 11.1. The Morgan fingerprint density at radius 2 is 1.80 bits per heavy atom. The van der Waals surface area contributed by atoms with Crippen LogP contribution in [-0.4, -0.2) is 45.8 Å². The van der Waals surface area contributed by atoms with Crippen molar-refractivity contribution in [2.45, 2.75) is 88.1 Å². The van der Waals surface area contributed by atoms with Crippen LogP contribution in [0.3, 0.4) is 0 Å². The van der Waals surface area contributed by atoms with E-state index in [2.05, 4.69) is 15.1 Å². The summed E-state index contributed by atoms with van der Waals surface area (Å²) in [5, 5.41) is 4.31. The molecule has 41 heavy (non-hydrogen) atoms. The number of carbonyl (C=O) groups excluding carboxylic acids is 1. The predicted octanol–water partition coefficient (Wildman–Crippen LogP) is 6.18. The van der Waals surface area contributed by atoms with Gasteiger partial charge in [-0.1, -0.05) is 17.3 Å². The van der Waals surface area contributed by atoms with Crippen molar-refractivity contribution >= 4 is 11.6 Å². The minimum Gasteiger partial charge on any atom is -0.494 e. The molecule has 7 aliphatic rings. The summed E-state index contributed by atoms with van der Waals surface area (Å²) in [6.45, 7) is 0.648. The van der Waals surface area contributed by atoms with Gasteiger partial charge in [0.25, 0.3) is 0 Å². The van der Waals surface area contributed by atoms with Gasteiger partial charge in [0, 0.05) is 29.1 Å². The lowest BCUT2D eigenvalue weighted by Gasteiger charge is -2.54. The third-order valence-electron chi connectivity index (χ3n) is 11.1. The van der Waals surface area contributed by atoms with Crippen LogP contribution < -0.4 is 9.64 Å². The van der Waals surface area contributed by atoms with E-state index < -0.39 is 11.6 Å². The number of alkyl halides is 1. The maximum atomic E-state index is 14.6. The van der Waals surface area contributed by atoms with Crippen LogP contribution in [0.4, 0.5) is 10.1 Å². The van der Waals surface area contributed by atoms with E-state index in [1.165, 1.54) is 0 Å². The number of nitrogens with zero attached hydrogens (tertiary/aromatic N) is 5. The van der Waals surface area contributed by atoms with Crippen molar-refractivity contribution in [3.8, 4) is 17.1 Å². The zero-order valence-electron chi connectivity index (χ0n) is 23.5. The van der Waals surface area contributed by atoms with E-state index >= 15 is 0 Å². The number of carbonyl (C=O) groups is 1. The number of methoxy groups -OCH3 is 1. The van der Waals surface area contributed by atoms with Gasteiger partial charge in [0.15, 0.2) is 17.4 Å². The lowest BCUT2D eigenvalue weighted by Crippen LogP contribution is -2.54. The van der Waals surface area contributed by atoms with E-state index in [0.29, 0.717) is 43.3 Å². The van der Waals surface area contributed by atoms with Crippen LogP contribution in [0.5, 0.6) is 5.75 Å². The number of rotatable bonds is 8. The number of benzene rings is 1. The minimum atomic E-state index is -0.863. The van der Waals surface area contributed by atoms with Crippen LogP contribution in [0, 0.1) is 16.7 Å². The molecule has 4 bridgehead atoms. The summed E-state index contributed by atoms with van der Waals surface area (Å²) in [5.41, 5.74) is 1.11. The van der Waals surface area contributed by atoms with E-state index in [4.69, 9.17) is 14.2 Å².